The summed E-state index contributed by atoms with van der Waals surface area (Å²) >= 11 is 3.18. The number of hydrogen-bond donors (Lipinski definition) is 0. The van der Waals surface area contributed by atoms with Crippen molar-refractivity contribution in [2.75, 3.05) is 6.61 Å². The van der Waals surface area contributed by atoms with Crippen molar-refractivity contribution in [3.63, 3.8) is 0 Å². The molecule has 16 heavy (non-hydrogen) atoms. The van der Waals surface area contributed by atoms with Crippen molar-refractivity contribution in [2.24, 2.45) is 0 Å². The minimum atomic E-state index is -0.828. The summed E-state index contributed by atoms with van der Waals surface area (Å²) in [5.74, 6) is -1.58. The van der Waals surface area contributed by atoms with E-state index in [1.165, 1.54) is 12.1 Å². The van der Waals surface area contributed by atoms with Gasteiger partial charge in [-0.05, 0) is 24.6 Å². The number of hydrogen-bond acceptors (Lipinski definition) is 3. The van der Waals surface area contributed by atoms with Crippen LogP contribution in [0.3, 0.4) is 0 Å². The van der Waals surface area contributed by atoms with Gasteiger partial charge in [-0.2, -0.15) is 5.26 Å². The van der Waals surface area contributed by atoms with Crippen molar-refractivity contribution in [3.05, 3.63) is 34.6 Å². The third-order valence-corrected chi connectivity index (χ3v) is 2.55. The molecule has 5 heteroatoms. The first kappa shape index (κ1) is 12.7. The largest absolute Gasteiger partial charge is 0.462 e. The smallest absolute Gasteiger partial charge is 0.341 e. The lowest BCUT2D eigenvalue weighted by molar-refractivity contribution is 0.0521. The molecule has 0 amide bonds. The molecule has 0 aliphatic carbocycles. The minimum Gasteiger partial charge on any atom is -0.462 e. The van der Waals surface area contributed by atoms with E-state index in [1.54, 1.807) is 13.0 Å². The Labute approximate surface area is 101 Å². The monoisotopic (exact) mass is 285 g/mol. The second-order valence-corrected chi connectivity index (χ2v) is 3.53. The Bertz CT molecular complexity index is 454. The second kappa shape index (κ2) is 5.61. The van der Waals surface area contributed by atoms with Crippen molar-refractivity contribution in [3.8, 4) is 6.07 Å². The zero-order valence-corrected chi connectivity index (χ0v) is 10.2. The number of rotatable bonds is 3. The molecule has 0 heterocycles. The van der Waals surface area contributed by atoms with Gasteiger partial charge >= 0.3 is 5.97 Å². The zero-order chi connectivity index (χ0) is 12.1. The fourth-order valence-electron chi connectivity index (χ4n) is 1.20. The first-order valence-electron chi connectivity index (χ1n) is 4.59. The number of carbonyl (C=O) groups excluding carboxylic acids is 1. The summed E-state index contributed by atoms with van der Waals surface area (Å²) in [6.07, 6.45) is 0. The molecule has 0 bridgehead atoms. The summed E-state index contributed by atoms with van der Waals surface area (Å²) in [6, 6.07) is 4.48. The highest BCUT2D eigenvalue weighted by molar-refractivity contribution is 9.08. The van der Waals surface area contributed by atoms with Crippen LogP contribution in [-0.4, -0.2) is 12.6 Å². The molecule has 0 spiro atoms. The number of nitrogens with zero attached hydrogens (tertiary/aromatic N) is 1. The summed E-state index contributed by atoms with van der Waals surface area (Å²) in [5, 5.41) is 9.16. The van der Waals surface area contributed by atoms with Crippen LogP contribution < -0.4 is 0 Å². The lowest BCUT2D eigenvalue weighted by atomic mass is 10.1. The number of carbonyl (C=O) groups is 1. The molecule has 0 saturated carbocycles. The summed E-state index contributed by atoms with van der Waals surface area (Å²) in [7, 11) is 0. The van der Waals surface area contributed by atoms with Gasteiger partial charge in [-0.3, -0.25) is 0 Å². The average molecular weight is 286 g/mol. The van der Waals surface area contributed by atoms with Gasteiger partial charge in [-0.15, -0.1) is 0 Å². The molecule has 0 aliphatic heterocycles. The summed E-state index contributed by atoms with van der Waals surface area (Å²) < 4.78 is 18.3. The Kier molecular flexibility index (Phi) is 4.44. The first-order chi connectivity index (χ1) is 7.63. The fourth-order valence-corrected chi connectivity index (χ4v) is 1.52. The number of benzene rings is 1. The van der Waals surface area contributed by atoms with E-state index in [0.29, 0.717) is 10.9 Å². The molecule has 0 fully saturated rings. The van der Waals surface area contributed by atoms with Crippen LogP contribution in [0.2, 0.25) is 0 Å². The maximum Gasteiger partial charge on any atom is 0.341 e. The number of halogens is 2. The van der Waals surface area contributed by atoms with Gasteiger partial charge in [0.2, 0.25) is 0 Å². The molecule has 1 rings (SSSR count). The number of nitriles is 1. The zero-order valence-electron chi connectivity index (χ0n) is 8.59. The quantitative estimate of drug-likeness (QED) is 0.634. The molecule has 0 aromatic heterocycles. The van der Waals surface area contributed by atoms with Gasteiger partial charge in [0.15, 0.2) is 5.82 Å². The molecular weight excluding hydrogens is 277 g/mol. The number of ether oxygens (including phenoxy) is 1. The van der Waals surface area contributed by atoms with E-state index in [4.69, 9.17) is 10.00 Å². The van der Waals surface area contributed by atoms with E-state index in [-0.39, 0.29) is 17.7 Å². The van der Waals surface area contributed by atoms with Gasteiger partial charge in [0, 0.05) is 5.33 Å². The lowest BCUT2D eigenvalue weighted by Crippen LogP contribution is -2.09. The van der Waals surface area contributed by atoms with Gasteiger partial charge in [-0.1, -0.05) is 15.9 Å². The van der Waals surface area contributed by atoms with Crippen molar-refractivity contribution in [2.45, 2.75) is 12.3 Å². The van der Waals surface area contributed by atoms with Gasteiger partial charge in [-0.25, -0.2) is 9.18 Å². The average Bonchev–Trinajstić information content (AvgIpc) is 2.29. The minimum absolute atomic E-state index is 0.153. The second-order valence-electron chi connectivity index (χ2n) is 2.97. The Balaban J connectivity index is 3.27. The molecule has 3 nitrogen and oxygen atoms in total. The van der Waals surface area contributed by atoms with Gasteiger partial charge in [0.25, 0.3) is 0 Å². The number of esters is 1. The molecule has 0 unspecified atom stereocenters. The molecular formula is C11H9BrFNO2. The van der Waals surface area contributed by atoms with Crippen LogP contribution >= 0.6 is 15.9 Å². The maximum absolute atomic E-state index is 13.6. The Morgan fingerprint density at radius 2 is 2.31 bits per heavy atom. The molecule has 0 atom stereocenters. The van der Waals surface area contributed by atoms with Crippen molar-refractivity contribution >= 4 is 21.9 Å². The standard InChI is InChI=1S/C11H9BrFNO2/c1-2-16-11(15)9-4-7(5-12)3-8(6-14)10(9)13/h3-4H,2,5H2,1H3. The van der Waals surface area contributed by atoms with Crippen molar-refractivity contribution in [1.29, 1.82) is 5.26 Å². The van der Waals surface area contributed by atoms with E-state index in [9.17, 15) is 9.18 Å². The molecule has 84 valence electrons. The Morgan fingerprint density at radius 3 is 2.81 bits per heavy atom. The van der Waals surface area contributed by atoms with Gasteiger partial charge in [0.1, 0.15) is 6.07 Å². The molecule has 0 saturated heterocycles. The molecule has 0 aliphatic rings. The van der Waals surface area contributed by atoms with Gasteiger partial charge < -0.3 is 4.74 Å². The highest BCUT2D eigenvalue weighted by Crippen LogP contribution is 2.18. The third kappa shape index (κ3) is 2.58. The Morgan fingerprint density at radius 1 is 1.62 bits per heavy atom. The van der Waals surface area contributed by atoms with Crippen LogP contribution in [0.25, 0.3) is 0 Å². The van der Waals surface area contributed by atoms with Crippen molar-refractivity contribution < 1.29 is 13.9 Å². The Hall–Kier alpha value is -1.41. The van der Waals surface area contributed by atoms with Gasteiger partial charge in [0.05, 0.1) is 17.7 Å². The van der Waals surface area contributed by atoms with E-state index in [1.807, 2.05) is 0 Å². The highest BCUT2D eigenvalue weighted by Gasteiger charge is 2.17. The predicted octanol–water partition coefficient (Wildman–Crippen LogP) is 2.77. The maximum atomic E-state index is 13.6. The number of alkyl halides is 1. The SMILES string of the molecule is CCOC(=O)c1cc(CBr)cc(C#N)c1F. The van der Waals surface area contributed by atoms with Crippen LogP contribution in [0, 0.1) is 17.1 Å². The normalized spacial score (nSPS) is 9.62. The van der Waals surface area contributed by atoms with E-state index in [0.717, 1.165) is 0 Å². The molecule has 1 aromatic carbocycles. The van der Waals surface area contributed by atoms with Crippen LogP contribution in [0.15, 0.2) is 12.1 Å². The molecule has 0 radical (unpaired) electrons. The summed E-state index contributed by atoms with van der Waals surface area (Å²) in [6.45, 7) is 1.80. The van der Waals surface area contributed by atoms with Crippen LogP contribution in [-0.2, 0) is 10.1 Å². The highest BCUT2D eigenvalue weighted by atomic mass is 79.9. The van der Waals surface area contributed by atoms with E-state index >= 15 is 0 Å². The molecule has 1 aromatic rings. The van der Waals surface area contributed by atoms with E-state index in [2.05, 4.69) is 15.9 Å². The fraction of sp³-hybridized carbons (Fsp3) is 0.273. The summed E-state index contributed by atoms with van der Waals surface area (Å²) in [4.78, 5) is 11.4. The van der Waals surface area contributed by atoms with Crippen LogP contribution in [0.5, 0.6) is 0 Å². The lowest BCUT2D eigenvalue weighted by Gasteiger charge is -2.06. The topological polar surface area (TPSA) is 50.1 Å². The predicted molar refractivity (Wildman–Crippen MR) is 59.7 cm³/mol. The van der Waals surface area contributed by atoms with Crippen LogP contribution in [0.4, 0.5) is 4.39 Å². The van der Waals surface area contributed by atoms with E-state index < -0.39 is 11.8 Å². The third-order valence-electron chi connectivity index (χ3n) is 1.90. The van der Waals surface area contributed by atoms with Crippen LogP contribution in [0.1, 0.15) is 28.4 Å². The van der Waals surface area contributed by atoms with Crippen molar-refractivity contribution in [1.82, 2.24) is 0 Å². The summed E-state index contributed by atoms with van der Waals surface area (Å²) in [5.41, 5.74) is 0.302. The molecule has 0 N–H and O–H groups in total. The first-order valence-corrected chi connectivity index (χ1v) is 5.71.